The number of halogens is 1. The Morgan fingerprint density at radius 3 is 2.62 bits per heavy atom. The number of para-hydroxylation sites is 1. The van der Waals surface area contributed by atoms with Gasteiger partial charge in [0.15, 0.2) is 12.3 Å². The molecule has 140 valence electrons. The van der Waals surface area contributed by atoms with Crippen LogP contribution < -0.4 is 5.69 Å². The van der Waals surface area contributed by atoms with Gasteiger partial charge in [-0.15, -0.1) is 3.89 Å². The molecular weight excluding hydrogens is 357 g/mol. The Kier molecular flexibility index (Phi) is 4.88. The van der Waals surface area contributed by atoms with Crippen molar-refractivity contribution < 1.29 is 13.4 Å². The number of imidazole rings is 1. The number of nitrogens with zero attached hydrogens (tertiary/aromatic N) is 3. The minimum Gasteiger partial charge on any atom is -0.444 e. The molecule has 0 fully saturated rings. The van der Waals surface area contributed by atoms with Crippen LogP contribution in [-0.4, -0.2) is 38.2 Å². The van der Waals surface area contributed by atoms with Gasteiger partial charge in [0.1, 0.15) is 5.60 Å². The fourth-order valence-electron chi connectivity index (χ4n) is 3.11. The van der Waals surface area contributed by atoms with Crippen molar-refractivity contribution in [3.8, 4) is 0 Å². The summed E-state index contributed by atoms with van der Waals surface area (Å²) in [5.74, 6) is 0. The standard InChI is InChI=1S/C18H22FN3O3S/c1-18(2,3)25-17(24)21-10-8-12(9-11-21)13-6-5-7-14-15(13)20(4)16(23)22(14)26-19/h5-8H,9-11H2,1-4H3. The van der Waals surface area contributed by atoms with Gasteiger partial charge in [-0.2, -0.15) is 0 Å². The number of hydrogen-bond acceptors (Lipinski definition) is 4. The zero-order valence-corrected chi connectivity index (χ0v) is 16.1. The lowest BCUT2D eigenvalue weighted by atomic mass is 9.98. The predicted octanol–water partition coefficient (Wildman–Crippen LogP) is 3.75. The number of benzene rings is 1. The molecule has 0 spiro atoms. The number of rotatable bonds is 2. The van der Waals surface area contributed by atoms with E-state index in [1.54, 1.807) is 18.0 Å². The quantitative estimate of drug-likeness (QED) is 0.798. The molecule has 2 aromatic rings. The summed E-state index contributed by atoms with van der Waals surface area (Å²) < 4.78 is 21.1. The largest absolute Gasteiger partial charge is 0.444 e. The van der Waals surface area contributed by atoms with Crippen LogP contribution in [0.25, 0.3) is 16.6 Å². The second kappa shape index (κ2) is 6.83. The Labute approximate surface area is 155 Å². The fourth-order valence-corrected chi connectivity index (χ4v) is 3.52. The lowest BCUT2D eigenvalue weighted by Gasteiger charge is -2.29. The van der Waals surface area contributed by atoms with Crippen LogP contribution in [0.1, 0.15) is 32.8 Å². The number of fused-ring (bicyclic) bond motifs is 1. The van der Waals surface area contributed by atoms with Crippen LogP contribution >= 0.6 is 12.3 Å². The highest BCUT2D eigenvalue weighted by Crippen LogP contribution is 2.30. The van der Waals surface area contributed by atoms with Crippen molar-refractivity contribution in [1.82, 2.24) is 13.4 Å². The zero-order chi connectivity index (χ0) is 19.1. The summed E-state index contributed by atoms with van der Waals surface area (Å²) in [6, 6.07) is 5.46. The lowest BCUT2D eigenvalue weighted by molar-refractivity contribution is 0.0270. The fraction of sp³-hybridized carbons (Fsp3) is 0.444. The maximum absolute atomic E-state index is 13.2. The number of aromatic nitrogens is 2. The molecule has 0 unspecified atom stereocenters. The van der Waals surface area contributed by atoms with Gasteiger partial charge in [0, 0.05) is 25.7 Å². The first-order valence-corrected chi connectivity index (χ1v) is 9.07. The summed E-state index contributed by atoms with van der Waals surface area (Å²) in [5.41, 5.74) is 2.22. The normalized spacial score (nSPS) is 15.3. The third-order valence-corrected chi connectivity index (χ3v) is 4.80. The van der Waals surface area contributed by atoms with Crippen molar-refractivity contribution >= 4 is 35.0 Å². The Balaban J connectivity index is 1.92. The smallest absolute Gasteiger partial charge is 0.410 e. The first kappa shape index (κ1) is 18.6. The number of amides is 1. The van der Waals surface area contributed by atoms with Gasteiger partial charge in [-0.1, -0.05) is 18.2 Å². The summed E-state index contributed by atoms with van der Waals surface area (Å²) in [6.07, 6.45) is 2.27. The van der Waals surface area contributed by atoms with Crippen LogP contribution in [0, 0.1) is 0 Å². The predicted molar refractivity (Wildman–Crippen MR) is 102 cm³/mol. The molecule has 26 heavy (non-hydrogen) atoms. The monoisotopic (exact) mass is 379 g/mol. The summed E-state index contributed by atoms with van der Waals surface area (Å²) in [4.78, 5) is 26.0. The Hall–Kier alpha value is -2.22. The van der Waals surface area contributed by atoms with Crippen molar-refractivity contribution in [3.63, 3.8) is 0 Å². The number of hydrogen-bond donors (Lipinski definition) is 0. The Bertz CT molecular complexity index is 940. The average Bonchev–Trinajstić information content (AvgIpc) is 2.84. The van der Waals surface area contributed by atoms with Crippen LogP contribution in [0.3, 0.4) is 0 Å². The summed E-state index contributed by atoms with van der Waals surface area (Å²) in [5, 5.41) is 0. The molecule has 2 heterocycles. The Morgan fingerprint density at radius 1 is 1.31 bits per heavy atom. The van der Waals surface area contributed by atoms with Crippen LogP contribution in [0.4, 0.5) is 8.68 Å². The minimum absolute atomic E-state index is 0.0949. The van der Waals surface area contributed by atoms with E-state index in [0.29, 0.717) is 30.5 Å². The van der Waals surface area contributed by atoms with Gasteiger partial charge in [0.05, 0.1) is 11.0 Å². The molecule has 0 saturated heterocycles. The highest BCUT2D eigenvalue weighted by atomic mass is 32.2. The van der Waals surface area contributed by atoms with Crippen LogP contribution in [-0.2, 0) is 11.8 Å². The molecule has 3 rings (SSSR count). The number of carbonyl (C=O) groups excluding carboxylic acids is 1. The highest BCUT2D eigenvalue weighted by molar-refractivity contribution is 7.92. The molecule has 0 N–H and O–H groups in total. The van der Waals surface area contributed by atoms with Crippen LogP contribution in [0.2, 0.25) is 0 Å². The minimum atomic E-state index is -0.530. The van der Waals surface area contributed by atoms with E-state index in [-0.39, 0.29) is 18.4 Å². The van der Waals surface area contributed by atoms with Gasteiger partial charge in [-0.25, -0.2) is 13.6 Å². The van der Waals surface area contributed by atoms with Gasteiger partial charge >= 0.3 is 11.8 Å². The maximum Gasteiger partial charge on any atom is 0.410 e. The van der Waals surface area contributed by atoms with Gasteiger partial charge in [0.2, 0.25) is 0 Å². The molecule has 1 aliphatic rings. The van der Waals surface area contributed by atoms with Crippen molar-refractivity contribution in [2.24, 2.45) is 7.05 Å². The maximum atomic E-state index is 13.2. The van der Waals surface area contributed by atoms with E-state index < -0.39 is 11.3 Å². The summed E-state index contributed by atoms with van der Waals surface area (Å²) >= 11 is -0.0949. The van der Waals surface area contributed by atoms with Crippen molar-refractivity contribution in [3.05, 3.63) is 40.3 Å². The molecular formula is C18H22FN3O3S. The van der Waals surface area contributed by atoms with Gasteiger partial charge < -0.3 is 9.64 Å². The average molecular weight is 379 g/mol. The molecule has 1 amide bonds. The topological polar surface area (TPSA) is 56.5 Å². The first-order valence-electron chi connectivity index (χ1n) is 8.40. The highest BCUT2D eigenvalue weighted by Gasteiger charge is 2.25. The molecule has 0 atom stereocenters. The number of carbonyl (C=O) groups is 1. The first-order chi connectivity index (χ1) is 12.2. The van der Waals surface area contributed by atoms with Gasteiger partial charge in [-0.05, 0) is 38.8 Å². The van der Waals surface area contributed by atoms with E-state index >= 15 is 0 Å². The third kappa shape index (κ3) is 3.38. The lowest BCUT2D eigenvalue weighted by Crippen LogP contribution is -2.39. The number of ether oxygens (including phenoxy) is 1. The van der Waals surface area contributed by atoms with Crippen LogP contribution in [0.5, 0.6) is 0 Å². The summed E-state index contributed by atoms with van der Waals surface area (Å²) in [6.45, 7) is 6.48. The van der Waals surface area contributed by atoms with E-state index in [4.69, 9.17) is 4.74 Å². The molecule has 0 saturated carbocycles. The SMILES string of the molecule is Cn1c(=O)n(SF)c2cccc(C3=CCN(C(=O)OC(C)(C)C)CC3)c21. The van der Waals surface area contributed by atoms with E-state index in [2.05, 4.69) is 0 Å². The molecule has 0 bridgehead atoms. The van der Waals surface area contributed by atoms with Crippen molar-refractivity contribution in [1.29, 1.82) is 0 Å². The molecule has 1 aromatic carbocycles. The molecule has 8 heteroatoms. The molecule has 6 nitrogen and oxygen atoms in total. The molecule has 1 aliphatic heterocycles. The molecule has 0 aliphatic carbocycles. The van der Waals surface area contributed by atoms with Crippen molar-refractivity contribution in [2.45, 2.75) is 32.8 Å². The second-order valence-electron chi connectivity index (χ2n) is 7.28. The van der Waals surface area contributed by atoms with Crippen molar-refractivity contribution in [2.75, 3.05) is 13.1 Å². The summed E-state index contributed by atoms with van der Waals surface area (Å²) in [7, 11) is 1.64. The van der Waals surface area contributed by atoms with E-state index in [9.17, 15) is 13.5 Å². The van der Waals surface area contributed by atoms with Gasteiger partial charge in [-0.3, -0.25) is 4.57 Å². The molecule has 1 aromatic heterocycles. The van der Waals surface area contributed by atoms with E-state index in [1.165, 1.54) is 4.57 Å². The molecule has 0 radical (unpaired) electrons. The third-order valence-electron chi connectivity index (χ3n) is 4.31. The number of aryl methyl sites for hydroxylation is 1. The van der Waals surface area contributed by atoms with E-state index in [0.717, 1.165) is 15.1 Å². The van der Waals surface area contributed by atoms with Gasteiger partial charge in [0.25, 0.3) is 0 Å². The van der Waals surface area contributed by atoms with Crippen LogP contribution in [0.15, 0.2) is 29.1 Å². The van der Waals surface area contributed by atoms with E-state index in [1.807, 2.05) is 39.0 Å². The zero-order valence-electron chi connectivity index (χ0n) is 15.3. The Morgan fingerprint density at radius 2 is 2.04 bits per heavy atom. The second-order valence-corrected chi connectivity index (χ2v) is 7.79.